The molecule has 3 aromatic rings. The quantitative estimate of drug-likeness (QED) is 0.588. The lowest BCUT2D eigenvalue weighted by Crippen LogP contribution is -2.32. The highest BCUT2D eigenvalue weighted by Crippen LogP contribution is 2.34. The number of nitrogens with one attached hydrogen (secondary N) is 1. The number of para-hydroxylation sites is 1. The number of hydrogen-bond acceptors (Lipinski definition) is 3. The fourth-order valence-electron chi connectivity index (χ4n) is 3.80. The lowest BCUT2D eigenvalue weighted by Gasteiger charge is -2.16. The van der Waals surface area contributed by atoms with Crippen molar-refractivity contribution >= 4 is 23.1 Å². The monoisotopic (exact) mass is 414 g/mol. The third kappa shape index (κ3) is 3.99. The second kappa shape index (κ2) is 8.19. The highest BCUT2D eigenvalue weighted by molar-refractivity contribution is 6.36. The van der Waals surface area contributed by atoms with Gasteiger partial charge in [0, 0.05) is 5.69 Å². The van der Waals surface area contributed by atoms with Crippen molar-refractivity contribution in [1.82, 2.24) is 4.90 Å². The summed E-state index contributed by atoms with van der Waals surface area (Å²) >= 11 is 0. The Bertz CT molecular complexity index is 1210. The molecule has 0 radical (unpaired) electrons. The van der Waals surface area contributed by atoms with Crippen LogP contribution in [0.25, 0.3) is 5.57 Å². The Labute approximate surface area is 181 Å². The number of benzene rings is 3. The molecule has 0 atom stereocenters. The molecular formula is C26H23FN2O2. The van der Waals surface area contributed by atoms with Gasteiger partial charge in [-0.25, -0.2) is 4.39 Å². The summed E-state index contributed by atoms with van der Waals surface area (Å²) in [6.45, 7) is 5.93. The van der Waals surface area contributed by atoms with Gasteiger partial charge in [-0.15, -0.1) is 0 Å². The van der Waals surface area contributed by atoms with Gasteiger partial charge in [0.2, 0.25) is 0 Å². The number of imide groups is 1. The smallest absolute Gasteiger partial charge is 0.278 e. The van der Waals surface area contributed by atoms with Gasteiger partial charge in [0.05, 0.1) is 12.1 Å². The van der Waals surface area contributed by atoms with Crippen LogP contribution in [0.4, 0.5) is 10.1 Å². The molecule has 0 saturated carbocycles. The van der Waals surface area contributed by atoms with E-state index in [0.717, 1.165) is 27.9 Å². The summed E-state index contributed by atoms with van der Waals surface area (Å²) in [5.74, 6) is -1.12. The van der Waals surface area contributed by atoms with Crippen LogP contribution in [0.2, 0.25) is 0 Å². The van der Waals surface area contributed by atoms with Crippen molar-refractivity contribution < 1.29 is 14.0 Å². The fourth-order valence-corrected chi connectivity index (χ4v) is 3.80. The Morgan fingerprint density at radius 2 is 1.55 bits per heavy atom. The van der Waals surface area contributed by atoms with Crippen molar-refractivity contribution in [1.29, 1.82) is 0 Å². The van der Waals surface area contributed by atoms with Gasteiger partial charge in [-0.3, -0.25) is 14.5 Å². The maximum absolute atomic E-state index is 13.4. The van der Waals surface area contributed by atoms with Gasteiger partial charge in [0.1, 0.15) is 11.5 Å². The number of hydrogen-bond donors (Lipinski definition) is 1. The van der Waals surface area contributed by atoms with E-state index in [1.807, 2.05) is 63.2 Å². The van der Waals surface area contributed by atoms with Gasteiger partial charge in [-0.2, -0.15) is 0 Å². The first-order valence-corrected chi connectivity index (χ1v) is 10.1. The number of halogens is 1. The number of rotatable bonds is 5. The third-order valence-electron chi connectivity index (χ3n) is 5.48. The number of nitrogens with zero attached hydrogens (tertiary/aromatic N) is 1. The zero-order chi connectivity index (χ0) is 22.1. The van der Waals surface area contributed by atoms with E-state index in [-0.39, 0.29) is 24.0 Å². The van der Waals surface area contributed by atoms with Crippen molar-refractivity contribution in [3.63, 3.8) is 0 Å². The van der Waals surface area contributed by atoms with E-state index < -0.39 is 5.91 Å². The summed E-state index contributed by atoms with van der Waals surface area (Å²) in [6.07, 6.45) is 0. The molecule has 0 saturated heterocycles. The van der Waals surface area contributed by atoms with Gasteiger partial charge in [-0.05, 0) is 61.2 Å². The van der Waals surface area contributed by atoms with E-state index in [2.05, 4.69) is 5.32 Å². The van der Waals surface area contributed by atoms with Crippen LogP contribution in [0.15, 0.2) is 72.4 Å². The van der Waals surface area contributed by atoms with E-state index in [1.54, 1.807) is 12.1 Å². The van der Waals surface area contributed by atoms with Crippen molar-refractivity contribution in [2.75, 3.05) is 5.32 Å². The molecule has 5 heteroatoms. The molecule has 3 aromatic carbocycles. The summed E-state index contributed by atoms with van der Waals surface area (Å²) < 4.78 is 13.3. The van der Waals surface area contributed by atoms with Gasteiger partial charge in [-0.1, -0.05) is 54.1 Å². The molecule has 2 amide bonds. The van der Waals surface area contributed by atoms with E-state index in [1.165, 1.54) is 17.0 Å². The van der Waals surface area contributed by atoms with Crippen LogP contribution in [0, 0.1) is 26.6 Å². The number of carbonyl (C=O) groups excluding carboxylic acids is 2. The molecule has 4 nitrogen and oxygen atoms in total. The molecule has 0 aromatic heterocycles. The molecule has 4 rings (SSSR count). The second-order valence-corrected chi connectivity index (χ2v) is 7.83. The van der Waals surface area contributed by atoms with Crippen LogP contribution in [0.3, 0.4) is 0 Å². The van der Waals surface area contributed by atoms with Crippen LogP contribution < -0.4 is 5.32 Å². The van der Waals surface area contributed by atoms with Gasteiger partial charge >= 0.3 is 0 Å². The molecule has 0 aliphatic carbocycles. The number of amides is 2. The van der Waals surface area contributed by atoms with Crippen LogP contribution in [0.5, 0.6) is 0 Å². The normalized spacial score (nSPS) is 13.9. The van der Waals surface area contributed by atoms with E-state index in [9.17, 15) is 14.0 Å². The largest absolute Gasteiger partial charge is 0.350 e. The molecule has 156 valence electrons. The lowest BCUT2D eigenvalue weighted by molar-refractivity contribution is -0.137. The Kier molecular flexibility index (Phi) is 5.42. The highest BCUT2D eigenvalue weighted by Gasteiger charge is 2.39. The Hall–Kier alpha value is -3.73. The van der Waals surface area contributed by atoms with Crippen molar-refractivity contribution in [3.05, 3.63) is 106 Å². The first-order valence-electron chi connectivity index (χ1n) is 10.1. The van der Waals surface area contributed by atoms with Gasteiger partial charge < -0.3 is 5.32 Å². The molecular weight excluding hydrogens is 391 g/mol. The molecule has 1 heterocycles. The predicted molar refractivity (Wildman–Crippen MR) is 120 cm³/mol. The predicted octanol–water partition coefficient (Wildman–Crippen LogP) is 5.14. The first kappa shape index (κ1) is 20.5. The number of carbonyl (C=O) groups is 2. The van der Waals surface area contributed by atoms with Crippen molar-refractivity contribution in [2.24, 2.45) is 0 Å². The number of anilines is 1. The lowest BCUT2D eigenvalue weighted by atomic mass is 9.97. The molecule has 31 heavy (non-hydrogen) atoms. The summed E-state index contributed by atoms with van der Waals surface area (Å²) in [4.78, 5) is 28.0. The molecule has 1 aliphatic rings. The average Bonchev–Trinajstić information content (AvgIpc) is 2.96. The maximum Gasteiger partial charge on any atom is 0.278 e. The van der Waals surface area contributed by atoms with Crippen LogP contribution in [-0.2, 0) is 16.1 Å². The minimum Gasteiger partial charge on any atom is -0.350 e. The van der Waals surface area contributed by atoms with E-state index in [4.69, 9.17) is 0 Å². The molecule has 1 N–H and O–H groups in total. The Balaban J connectivity index is 1.78. The highest BCUT2D eigenvalue weighted by atomic mass is 19.1. The molecule has 0 spiro atoms. The summed E-state index contributed by atoms with van der Waals surface area (Å²) in [6, 6.07) is 19.2. The van der Waals surface area contributed by atoms with Crippen LogP contribution in [0.1, 0.15) is 27.8 Å². The second-order valence-electron chi connectivity index (χ2n) is 7.83. The molecule has 0 bridgehead atoms. The Morgan fingerprint density at radius 1 is 0.839 bits per heavy atom. The van der Waals surface area contributed by atoms with E-state index >= 15 is 0 Å². The fraction of sp³-hybridized carbons (Fsp3) is 0.154. The van der Waals surface area contributed by atoms with Gasteiger partial charge in [0.15, 0.2) is 0 Å². The zero-order valence-corrected chi connectivity index (χ0v) is 17.7. The van der Waals surface area contributed by atoms with Crippen LogP contribution >= 0.6 is 0 Å². The Morgan fingerprint density at radius 3 is 2.23 bits per heavy atom. The van der Waals surface area contributed by atoms with Gasteiger partial charge in [0.25, 0.3) is 11.8 Å². The first-order chi connectivity index (χ1) is 14.8. The van der Waals surface area contributed by atoms with Crippen LogP contribution in [-0.4, -0.2) is 16.7 Å². The van der Waals surface area contributed by atoms with E-state index in [0.29, 0.717) is 11.1 Å². The standard InChI is InChI=1S/C26H23FN2O2/c1-16-8-13-21(18(3)14-16)23-24(28-22-7-5-4-6-17(22)2)26(31)29(25(23)30)15-19-9-11-20(27)12-10-19/h4-14,28H,15H2,1-3H3. The zero-order valence-electron chi connectivity index (χ0n) is 17.7. The summed E-state index contributed by atoms with van der Waals surface area (Å²) in [7, 11) is 0. The molecule has 0 unspecified atom stereocenters. The third-order valence-corrected chi connectivity index (χ3v) is 5.48. The van der Waals surface area contributed by atoms with Crippen molar-refractivity contribution in [3.8, 4) is 0 Å². The summed E-state index contributed by atoms with van der Waals surface area (Å²) in [5.41, 5.74) is 5.75. The SMILES string of the molecule is Cc1ccc(C2=C(Nc3ccccc3C)C(=O)N(Cc3ccc(F)cc3)C2=O)c(C)c1. The maximum atomic E-state index is 13.4. The van der Waals surface area contributed by atoms with Crippen molar-refractivity contribution in [2.45, 2.75) is 27.3 Å². The molecule has 0 fully saturated rings. The topological polar surface area (TPSA) is 49.4 Å². The minimum absolute atomic E-state index is 0.0747. The average molecular weight is 414 g/mol. The number of aryl methyl sites for hydroxylation is 3. The minimum atomic E-state index is -0.396. The molecule has 1 aliphatic heterocycles. The summed E-state index contributed by atoms with van der Waals surface area (Å²) in [5, 5.41) is 3.21.